The second-order valence-corrected chi connectivity index (χ2v) is 5.94. The number of nitrogens with one attached hydrogen (secondary N) is 3. The zero-order valence-corrected chi connectivity index (χ0v) is 12.7. The predicted molar refractivity (Wildman–Crippen MR) is 78.2 cm³/mol. The lowest BCUT2D eigenvalue weighted by molar-refractivity contribution is 0.178. The summed E-state index contributed by atoms with van der Waals surface area (Å²) in [5.74, 6) is 1.89. The van der Waals surface area contributed by atoms with E-state index in [1.807, 2.05) is 6.92 Å². The van der Waals surface area contributed by atoms with Crippen LogP contribution in [0.5, 0.6) is 0 Å². The van der Waals surface area contributed by atoms with Crippen LogP contribution in [0.2, 0.25) is 0 Å². The molecule has 1 aromatic heterocycles. The third-order valence-corrected chi connectivity index (χ3v) is 2.93. The molecule has 114 valence electrons. The van der Waals surface area contributed by atoms with Crippen molar-refractivity contribution in [2.45, 2.75) is 13.5 Å². The molecule has 0 atom stereocenters. The first-order valence-electron chi connectivity index (χ1n) is 6.24. The monoisotopic (exact) mass is 303 g/mol. The molecule has 8 nitrogen and oxygen atoms in total. The van der Waals surface area contributed by atoms with Crippen LogP contribution in [0, 0.1) is 0 Å². The lowest BCUT2D eigenvalue weighted by Crippen LogP contribution is -2.27. The van der Waals surface area contributed by atoms with Gasteiger partial charge in [0.1, 0.15) is 18.2 Å². The zero-order chi connectivity index (χ0) is 15.0. The smallest absolute Gasteiger partial charge is 0.208 e. The molecule has 0 saturated carbocycles. The Balaban J connectivity index is 2.63. The molecule has 9 heteroatoms. The Morgan fingerprint density at radius 2 is 1.85 bits per heavy atom. The van der Waals surface area contributed by atoms with Crippen LogP contribution in [0.1, 0.15) is 12.7 Å². The fourth-order valence-corrected chi connectivity index (χ4v) is 1.95. The Labute approximate surface area is 119 Å². The van der Waals surface area contributed by atoms with E-state index in [1.54, 1.807) is 13.2 Å². The lowest BCUT2D eigenvalue weighted by atomic mass is 10.4. The molecule has 1 rings (SSSR count). The van der Waals surface area contributed by atoms with Crippen LogP contribution in [0.15, 0.2) is 6.07 Å². The van der Waals surface area contributed by atoms with Crippen LogP contribution in [0.3, 0.4) is 0 Å². The van der Waals surface area contributed by atoms with Gasteiger partial charge < -0.3 is 15.4 Å². The summed E-state index contributed by atoms with van der Waals surface area (Å²) in [6.07, 6.45) is 1.12. The number of rotatable bonds is 9. The lowest BCUT2D eigenvalue weighted by Gasteiger charge is -2.10. The highest BCUT2D eigenvalue weighted by Crippen LogP contribution is 2.11. The molecule has 0 aliphatic heterocycles. The molecule has 0 aromatic carbocycles. The number of aromatic nitrogens is 2. The first-order valence-corrected chi connectivity index (χ1v) is 8.13. The summed E-state index contributed by atoms with van der Waals surface area (Å²) >= 11 is 0. The van der Waals surface area contributed by atoms with Gasteiger partial charge in [-0.05, 0) is 6.92 Å². The van der Waals surface area contributed by atoms with Gasteiger partial charge in [-0.3, -0.25) is 0 Å². The van der Waals surface area contributed by atoms with Gasteiger partial charge >= 0.3 is 0 Å². The maximum Gasteiger partial charge on any atom is 0.208 e. The Kier molecular flexibility index (Phi) is 6.62. The van der Waals surface area contributed by atoms with E-state index in [4.69, 9.17) is 4.74 Å². The largest absolute Gasteiger partial charge is 0.377 e. The number of ether oxygens (including phenoxy) is 1. The van der Waals surface area contributed by atoms with Crippen LogP contribution < -0.4 is 15.4 Å². The minimum atomic E-state index is -3.17. The van der Waals surface area contributed by atoms with E-state index in [0.717, 1.165) is 12.8 Å². The van der Waals surface area contributed by atoms with Crippen molar-refractivity contribution in [3.8, 4) is 0 Å². The quantitative estimate of drug-likeness (QED) is 0.552. The van der Waals surface area contributed by atoms with Crippen LogP contribution >= 0.6 is 0 Å². The second kappa shape index (κ2) is 7.98. The summed E-state index contributed by atoms with van der Waals surface area (Å²) in [6, 6.07) is 1.77. The number of methoxy groups -OCH3 is 1. The van der Waals surface area contributed by atoms with E-state index < -0.39 is 10.0 Å². The maximum atomic E-state index is 10.9. The highest BCUT2D eigenvalue weighted by molar-refractivity contribution is 7.88. The average molecular weight is 303 g/mol. The number of hydrogen-bond donors (Lipinski definition) is 3. The van der Waals surface area contributed by atoms with Gasteiger partial charge in [0.05, 0.1) is 6.26 Å². The first-order chi connectivity index (χ1) is 9.44. The van der Waals surface area contributed by atoms with Crippen LogP contribution in [0.4, 0.5) is 11.6 Å². The zero-order valence-electron chi connectivity index (χ0n) is 11.9. The third kappa shape index (κ3) is 6.64. The van der Waals surface area contributed by atoms with Gasteiger partial charge in [0.25, 0.3) is 0 Å². The number of nitrogens with zero attached hydrogens (tertiary/aromatic N) is 2. The second-order valence-electron chi connectivity index (χ2n) is 4.11. The van der Waals surface area contributed by atoms with Crippen LogP contribution in [0.25, 0.3) is 0 Å². The number of anilines is 2. The van der Waals surface area contributed by atoms with E-state index in [0.29, 0.717) is 37.2 Å². The molecule has 0 fully saturated rings. The van der Waals surface area contributed by atoms with Gasteiger partial charge in [-0.1, -0.05) is 0 Å². The molecular formula is C11H21N5O3S. The fourth-order valence-electron chi connectivity index (χ4n) is 1.48. The molecule has 0 spiro atoms. The summed E-state index contributed by atoms with van der Waals surface area (Å²) < 4.78 is 29.3. The molecule has 0 aliphatic carbocycles. The molecule has 1 aromatic rings. The highest BCUT2D eigenvalue weighted by Gasteiger charge is 2.04. The molecule has 1 heterocycles. The van der Waals surface area contributed by atoms with Gasteiger partial charge in [0.15, 0.2) is 5.82 Å². The van der Waals surface area contributed by atoms with Crippen molar-refractivity contribution in [3.63, 3.8) is 0 Å². The van der Waals surface area contributed by atoms with Gasteiger partial charge in [-0.15, -0.1) is 0 Å². The van der Waals surface area contributed by atoms with E-state index in [1.165, 1.54) is 0 Å². The third-order valence-electron chi connectivity index (χ3n) is 2.20. The average Bonchev–Trinajstić information content (AvgIpc) is 2.34. The van der Waals surface area contributed by atoms with Crippen LogP contribution in [-0.4, -0.2) is 51.4 Å². The van der Waals surface area contributed by atoms with E-state index in [-0.39, 0.29) is 0 Å². The molecule has 0 aliphatic rings. The summed E-state index contributed by atoms with van der Waals surface area (Å²) in [5.41, 5.74) is 0. The van der Waals surface area contributed by atoms with Gasteiger partial charge in [0.2, 0.25) is 10.0 Å². The van der Waals surface area contributed by atoms with E-state index in [2.05, 4.69) is 25.3 Å². The molecule has 0 unspecified atom stereocenters. The van der Waals surface area contributed by atoms with Crippen molar-refractivity contribution in [2.24, 2.45) is 0 Å². The van der Waals surface area contributed by atoms with Crippen molar-refractivity contribution in [1.82, 2.24) is 14.7 Å². The molecule has 0 saturated heterocycles. The maximum absolute atomic E-state index is 10.9. The Morgan fingerprint density at radius 3 is 2.40 bits per heavy atom. The van der Waals surface area contributed by atoms with Crippen molar-refractivity contribution in [1.29, 1.82) is 0 Å². The van der Waals surface area contributed by atoms with Crippen molar-refractivity contribution in [2.75, 3.05) is 43.6 Å². The summed E-state index contributed by atoms with van der Waals surface area (Å²) in [5, 5.41) is 6.14. The fraction of sp³-hybridized carbons (Fsp3) is 0.636. The van der Waals surface area contributed by atoms with E-state index in [9.17, 15) is 8.42 Å². The normalized spacial score (nSPS) is 11.3. The summed E-state index contributed by atoms with van der Waals surface area (Å²) in [4.78, 5) is 8.56. The minimum Gasteiger partial charge on any atom is -0.377 e. The van der Waals surface area contributed by atoms with Gasteiger partial charge in [0, 0.05) is 32.8 Å². The Hall–Kier alpha value is -1.45. The number of hydrogen-bond acceptors (Lipinski definition) is 7. The standard InChI is InChI=1S/C11H21N5O3S/c1-4-12-9-7-10(16-11(15-9)8-19-2)13-5-6-14-20(3,17)18/h7,14H,4-6,8H2,1-3H3,(H2,12,13,15,16). The molecular weight excluding hydrogens is 282 g/mol. The van der Waals surface area contributed by atoms with Gasteiger partial charge in [-0.25, -0.2) is 23.1 Å². The van der Waals surface area contributed by atoms with E-state index >= 15 is 0 Å². The Bertz CT molecular complexity index is 497. The predicted octanol–water partition coefficient (Wildman–Crippen LogP) is 0.0159. The molecule has 0 bridgehead atoms. The summed E-state index contributed by atoms with van der Waals surface area (Å²) in [7, 11) is -1.59. The first kappa shape index (κ1) is 16.6. The molecule has 20 heavy (non-hydrogen) atoms. The van der Waals surface area contributed by atoms with Crippen molar-refractivity contribution < 1.29 is 13.2 Å². The number of sulfonamides is 1. The Morgan fingerprint density at radius 1 is 1.20 bits per heavy atom. The minimum absolute atomic E-state index is 0.291. The summed E-state index contributed by atoms with van der Waals surface area (Å²) in [6.45, 7) is 3.76. The molecule has 3 N–H and O–H groups in total. The molecule has 0 amide bonds. The highest BCUT2D eigenvalue weighted by atomic mass is 32.2. The SMILES string of the molecule is CCNc1cc(NCCNS(C)(=O)=O)nc(COC)n1. The van der Waals surface area contributed by atoms with Crippen molar-refractivity contribution >= 4 is 21.7 Å². The topological polar surface area (TPSA) is 105 Å². The van der Waals surface area contributed by atoms with Crippen LogP contribution in [-0.2, 0) is 21.4 Å². The molecule has 0 radical (unpaired) electrons. The van der Waals surface area contributed by atoms with Crippen molar-refractivity contribution in [3.05, 3.63) is 11.9 Å². The van der Waals surface area contributed by atoms with Gasteiger partial charge in [-0.2, -0.15) is 0 Å².